The number of carbonyl (C=O) groups excluding carboxylic acids is 3. The Labute approximate surface area is 339 Å². The van der Waals surface area contributed by atoms with Crippen molar-refractivity contribution in [3.8, 4) is 0 Å². The maximum atomic E-state index is 14.3. The van der Waals surface area contributed by atoms with E-state index in [-0.39, 0.29) is 48.5 Å². The summed E-state index contributed by atoms with van der Waals surface area (Å²) < 4.78 is 30.0. The molecule has 3 aliphatic heterocycles. The van der Waals surface area contributed by atoms with E-state index in [0.29, 0.717) is 44.9 Å². The number of ether oxygens (including phenoxy) is 5. The fraction of sp³-hybridized carbons (Fsp3) is 0.837. The molecule has 320 valence electrons. The molecule has 3 heterocycles. The number of halogens is 1. The van der Waals surface area contributed by atoms with Crippen molar-refractivity contribution in [1.82, 2.24) is 4.90 Å². The van der Waals surface area contributed by atoms with Crippen LogP contribution < -0.4 is 0 Å². The Hall–Kier alpha value is -1.74. The van der Waals surface area contributed by atoms with Crippen molar-refractivity contribution in [3.05, 3.63) is 23.3 Å². The van der Waals surface area contributed by atoms with Crippen molar-refractivity contribution >= 4 is 29.1 Å². The van der Waals surface area contributed by atoms with Crippen molar-refractivity contribution in [3.63, 3.8) is 0 Å². The lowest BCUT2D eigenvalue weighted by atomic mass is 9.81. The van der Waals surface area contributed by atoms with Gasteiger partial charge in [-0.2, -0.15) is 0 Å². The van der Waals surface area contributed by atoms with E-state index in [4.69, 9.17) is 35.3 Å². The van der Waals surface area contributed by atoms with Gasteiger partial charge in [0.1, 0.15) is 24.0 Å². The lowest BCUT2D eigenvalue weighted by molar-refractivity contribution is -0.308. The number of fused-ring (bicyclic) bond motifs is 3. The molecule has 4 aliphatic rings. The molecule has 0 amide bonds. The summed E-state index contributed by atoms with van der Waals surface area (Å²) in [5.41, 5.74) is 1.74. The van der Waals surface area contributed by atoms with Crippen LogP contribution in [0.4, 0.5) is 0 Å². The van der Waals surface area contributed by atoms with Crippen LogP contribution in [0.3, 0.4) is 0 Å². The number of nitrogens with zero attached hydrogens (tertiary/aromatic N) is 1. The number of rotatable bonds is 6. The third kappa shape index (κ3) is 11.1. The lowest BCUT2D eigenvalue weighted by Gasteiger charge is -2.48. The summed E-state index contributed by atoms with van der Waals surface area (Å²) in [6, 6.07) is -1.02. The average Bonchev–Trinajstić information content (AvgIpc) is 3.18. The second-order valence-electron chi connectivity index (χ2n) is 17.3. The molecule has 3 fully saturated rings. The van der Waals surface area contributed by atoms with Gasteiger partial charge in [0.15, 0.2) is 6.23 Å². The number of allylic oxidation sites excluding steroid dienone is 3. The zero-order valence-electron chi connectivity index (χ0n) is 35.2. The van der Waals surface area contributed by atoms with Crippen LogP contribution >= 0.6 is 11.6 Å². The van der Waals surface area contributed by atoms with E-state index in [1.54, 1.807) is 35.2 Å². The Balaban J connectivity index is 1.76. The number of hydrogen-bond acceptors (Lipinski definition) is 12. The first-order valence-electron chi connectivity index (χ1n) is 20.9. The number of cyclic esters (lactones) is 1. The van der Waals surface area contributed by atoms with E-state index in [2.05, 4.69) is 13.0 Å². The molecule has 0 aromatic heterocycles. The molecule has 56 heavy (non-hydrogen) atoms. The second kappa shape index (κ2) is 21.0. The van der Waals surface area contributed by atoms with Gasteiger partial charge < -0.3 is 39.0 Å². The second-order valence-corrected chi connectivity index (χ2v) is 17.8. The molecular weight excluding hydrogens is 742 g/mol. The first-order chi connectivity index (χ1) is 26.5. The van der Waals surface area contributed by atoms with Crippen LogP contribution in [0.5, 0.6) is 0 Å². The molecule has 1 saturated carbocycles. The maximum Gasteiger partial charge on any atom is 0.324 e. The Morgan fingerprint density at radius 1 is 0.964 bits per heavy atom. The molecule has 1 aliphatic carbocycles. The van der Waals surface area contributed by atoms with Gasteiger partial charge >= 0.3 is 5.97 Å². The summed E-state index contributed by atoms with van der Waals surface area (Å²) >= 11 is 6.53. The third-order valence-electron chi connectivity index (χ3n) is 13.0. The standard InChI is InChI=1S/C43H70ClNO11/c1-10-30-18-24(2)17-25(3)19-36(53-8)39-37(54-9)21-27(5)43(51,56-39)40(48)41(49)45-16-12-11-13-32(45)42(50)55-38(28(6)33(46)23-34(30)47)26(4)20-29-14-15-31(44)35(22-29)52-7/h18,20,25,27-33,35-39,41,46,49,51H,10-17,19,21-23H2,1-9H3/b24-18+,26-20+/t25-,27+,28+,29?,30+,31-,32-,33-,35+,36-,37-,38+,39+,41?,43+/m0/s1. The zero-order chi connectivity index (χ0) is 41.5. The van der Waals surface area contributed by atoms with E-state index in [1.165, 1.54) is 4.90 Å². The molecule has 0 radical (unpaired) electrons. The maximum absolute atomic E-state index is 14.3. The molecule has 2 unspecified atom stereocenters. The van der Waals surface area contributed by atoms with Gasteiger partial charge in [0, 0.05) is 52.0 Å². The van der Waals surface area contributed by atoms with Crippen LogP contribution in [0.25, 0.3) is 0 Å². The number of methoxy groups -OCH3 is 3. The largest absolute Gasteiger partial charge is 0.456 e. The zero-order valence-corrected chi connectivity index (χ0v) is 35.9. The first kappa shape index (κ1) is 46.9. The number of Topliss-reactive ketones (excluding diaryl/α,β-unsaturated/α-hetero) is 2. The van der Waals surface area contributed by atoms with Crippen LogP contribution in [-0.2, 0) is 38.1 Å². The lowest BCUT2D eigenvalue weighted by Crippen LogP contribution is -2.65. The summed E-state index contributed by atoms with van der Waals surface area (Å²) in [5.74, 6) is -5.79. The number of esters is 1. The molecule has 0 aromatic carbocycles. The van der Waals surface area contributed by atoms with E-state index in [1.807, 2.05) is 26.8 Å². The first-order valence-corrected chi connectivity index (χ1v) is 21.3. The highest BCUT2D eigenvalue weighted by Crippen LogP contribution is 2.40. The van der Waals surface area contributed by atoms with Gasteiger partial charge in [0.05, 0.1) is 29.8 Å². The fourth-order valence-electron chi connectivity index (χ4n) is 9.52. The minimum absolute atomic E-state index is 0.0600. The number of aliphatic hydroxyl groups excluding tert-OH is 2. The highest BCUT2D eigenvalue weighted by Gasteiger charge is 2.56. The summed E-state index contributed by atoms with van der Waals surface area (Å²) in [6.07, 6.45) is 3.77. The average molecular weight is 812 g/mol. The third-order valence-corrected chi connectivity index (χ3v) is 13.5. The van der Waals surface area contributed by atoms with Gasteiger partial charge in [0.2, 0.25) is 11.6 Å². The van der Waals surface area contributed by atoms with Crippen LogP contribution in [-0.4, -0.2) is 126 Å². The molecular formula is C43H70ClNO11. The van der Waals surface area contributed by atoms with E-state index >= 15 is 0 Å². The number of alkyl halides is 1. The Bertz CT molecular complexity index is 1390. The fourth-order valence-corrected chi connectivity index (χ4v) is 9.85. The van der Waals surface area contributed by atoms with Crippen LogP contribution in [0.1, 0.15) is 112 Å². The molecule has 2 bridgehead atoms. The molecule has 15 atom stereocenters. The Kier molecular flexibility index (Phi) is 17.6. The van der Waals surface area contributed by atoms with Crippen molar-refractivity contribution in [2.75, 3.05) is 27.9 Å². The van der Waals surface area contributed by atoms with Gasteiger partial charge in [0.25, 0.3) is 0 Å². The number of hydrogen-bond donors (Lipinski definition) is 3. The quantitative estimate of drug-likeness (QED) is 0.176. The van der Waals surface area contributed by atoms with Gasteiger partial charge in [-0.3, -0.25) is 19.3 Å². The van der Waals surface area contributed by atoms with Gasteiger partial charge in [-0.1, -0.05) is 51.8 Å². The normalized spacial score (nSPS) is 43.2. The van der Waals surface area contributed by atoms with Crippen molar-refractivity contribution in [2.24, 2.45) is 29.6 Å². The monoisotopic (exact) mass is 811 g/mol. The van der Waals surface area contributed by atoms with Gasteiger partial charge in [-0.05, 0) is 89.0 Å². The topological polar surface area (TPSA) is 161 Å². The SMILES string of the molecule is CC[C@@H]1/C=C(\C)C[C@H](C)C[C@H](OC)[C@H]2O[C@@](O)(C(=O)C(O)N3CCCC[C@H]3C(=O)O[C@H](/C(C)=C/C3CC[C@H](Cl)[C@H](OC)C3)[C@H](C)[C@@H](O)CC1=O)[C@H](C)C[C@@H]2OC. The Morgan fingerprint density at radius 3 is 2.27 bits per heavy atom. The highest BCUT2D eigenvalue weighted by molar-refractivity contribution is 6.21. The smallest absolute Gasteiger partial charge is 0.324 e. The van der Waals surface area contributed by atoms with Crippen LogP contribution in [0, 0.1) is 29.6 Å². The van der Waals surface area contributed by atoms with Crippen LogP contribution in [0.15, 0.2) is 23.3 Å². The molecule has 0 aromatic rings. The van der Waals surface area contributed by atoms with E-state index in [9.17, 15) is 29.7 Å². The summed E-state index contributed by atoms with van der Waals surface area (Å²) in [6.45, 7) is 11.5. The predicted molar refractivity (Wildman–Crippen MR) is 213 cm³/mol. The van der Waals surface area contributed by atoms with Crippen LogP contribution in [0.2, 0.25) is 0 Å². The van der Waals surface area contributed by atoms with E-state index < -0.39 is 78.1 Å². The molecule has 2 saturated heterocycles. The number of piperidine rings is 1. The minimum atomic E-state index is -2.39. The number of carbonyl (C=O) groups is 3. The van der Waals surface area contributed by atoms with Crippen molar-refractivity contribution < 1.29 is 53.4 Å². The molecule has 12 nitrogen and oxygen atoms in total. The van der Waals surface area contributed by atoms with Crippen molar-refractivity contribution in [2.45, 2.75) is 172 Å². The van der Waals surface area contributed by atoms with Crippen molar-refractivity contribution in [1.29, 1.82) is 0 Å². The summed E-state index contributed by atoms with van der Waals surface area (Å²) in [5, 5.41) is 35.4. The molecule has 4 rings (SSSR count). The summed E-state index contributed by atoms with van der Waals surface area (Å²) in [4.78, 5) is 43.8. The van der Waals surface area contributed by atoms with Gasteiger partial charge in [-0.25, -0.2) is 0 Å². The minimum Gasteiger partial charge on any atom is -0.456 e. The Morgan fingerprint density at radius 2 is 1.62 bits per heavy atom. The molecule has 0 spiro atoms. The number of ketones is 2. The van der Waals surface area contributed by atoms with Gasteiger partial charge in [-0.15, -0.1) is 11.6 Å². The summed E-state index contributed by atoms with van der Waals surface area (Å²) in [7, 11) is 4.75. The molecule has 3 N–H and O–H groups in total. The highest BCUT2D eigenvalue weighted by atomic mass is 35.5. The molecule has 13 heteroatoms. The van der Waals surface area contributed by atoms with E-state index in [0.717, 1.165) is 24.0 Å². The predicted octanol–water partition coefficient (Wildman–Crippen LogP) is 5.51. The number of aliphatic hydroxyl groups is 3.